The van der Waals surface area contributed by atoms with Crippen molar-refractivity contribution >= 4 is 0 Å². The number of aromatic amines is 1. The number of phenolic OH excluding ortho intramolecular Hbond substituents is 1. The minimum absolute atomic E-state index is 0.299. The number of benzene rings is 1. The Hall–Kier alpha value is -1.77. The lowest BCUT2D eigenvalue weighted by atomic mass is 10.1. The average Bonchev–Trinajstić information content (AvgIpc) is 2.62. The summed E-state index contributed by atoms with van der Waals surface area (Å²) in [5.41, 5.74) is 2.23. The van der Waals surface area contributed by atoms with E-state index in [2.05, 4.69) is 10.2 Å². The molecule has 0 bridgehead atoms. The first kappa shape index (κ1) is 7.86. The van der Waals surface area contributed by atoms with E-state index in [0.29, 0.717) is 5.75 Å². The van der Waals surface area contributed by atoms with E-state index in [1.165, 1.54) is 0 Å². The number of aromatic nitrogens is 2. The fraction of sp³-hybridized carbons (Fsp3) is 0.100. The van der Waals surface area contributed by atoms with Crippen LogP contribution in [0.1, 0.15) is 11.3 Å². The zero-order chi connectivity index (χ0) is 9.10. The van der Waals surface area contributed by atoms with Crippen LogP contribution in [0.25, 0.3) is 0 Å². The van der Waals surface area contributed by atoms with Crippen molar-refractivity contribution in [3.63, 3.8) is 0 Å². The van der Waals surface area contributed by atoms with Crippen LogP contribution in [-0.4, -0.2) is 15.3 Å². The maximum Gasteiger partial charge on any atom is 0.115 e. The van der Waals surface area contributed by atoms with E-state index in [9.17, 15) is 0 Å². The summed E-state index contributed by atoms with van der Waals surface area (Å²) in [5.74, 6) is 0.299. The van der Waals surface area contributed by atoms with Crippen LogP contribution in [0, 0.1) is 0 Å². The smallest absolute Gasteiger partial charge is 0.115 e. The molecule has 3 heteroatoms. The predicted octanol–water partition coefficient (Wildman–Crippen LogP) is 1.71. The van der Waals surface area contributed by atoms with Crippen LogP contribution in [0.5, 0.6) is 5.75 Å². The Balaban J connectivity index is 2.15. The summed E-state index contributed by atoms with van der Waals surface area (Å²) in [5, 5.41) is 15.8. The molecule has 0 fully saturated rings. The zero-order valence-electron chi connectivity index (χ0n) is 7.07. The average molecular weight is 174 g/mol. The van der Waals surface area contributed by atoms with Crippen molar-refractivity contribution in [3.8, 4) is 5.75 Å². The molecule has 0 unspecified atom stereocenters. The van der Waals surface area contributed by atoms with Crippen molar-refractivity contribution < 1.29 is 5.11 Å². The second-order valence-electron chi connectivity index (χ2n) is 2.93. The molecule has 0 saturated heterocycles. The molecule has 0 aliphatic carbocycles. The monoisotopic (exact) mass is 174 g/mol. The molecule has 2 rings (SSSR count). The number of H-pyrrole nitrogens is 1. The molecular weight excluding hydrogens is 164 g/mol. The highest BCUT2D eigenvalue weighted by Crippen LogP contribution is 2.12. The molecule has 2 aromatic rings. The van der Waals surface area contributed by atoms with Gasteiger partial charge in [-0.15, -0.1) is 0 Å². The van der Waals surface area contributed by atoms with Crippen LogP contribution >= 0.6 is 0 Å². The van der Waals surface area contributed by atoms with Gasteiger partial charge in [-0.25, -0.2) is 0 Å². The van der Waals surface area contributed by atoms with Gasteiger partial charge in [0.15, 0.2) is 0 Å². The molecule has 0 atom stereocenters. The minimum Gasteiger partial charge on any atom is -0.508 e. The van der Waals surface area contributed by atoms with Crippen molar-refractivity contribution in [1.82, 2.24) is 10.2 Å². The summed E-state index contributed by atoms with van der Waals surface area (Å²) in [4.78, 5) is 0. The number of nitrogens with one attached hydrogen (secondary N) is 1. The molecule has 66 valence electrons. The molecule has 0 saturated carbocycles. The van der Waals surface area contributed by atoms with E-state index < -0.39 is 0 Å². The molecule has 0 spiro atoms. The Kier molecular flexibility index (Phi) is 2.00. The first-order valence-corrected chi connectivity index (χ1v) is 4.11. The van der Waals surface area contributed by atoms with Crippen molar-refractivity contribution in [2.24, 2.45) is 0 Å². The summed E-state index contributed by atoms with van der Waals surface area (Å²) in [6.45, 7) is 0. The Morgan fingerprint density at radius 1 is 1.15 bits per heavy atom. The Morgan fingerprint density at radius 3 is 2.54 bits per heavy atom. The highest BCUT2D eigenvalue weighted by atomic mass is 16.3. The Morgan fingerprint density at radius 2 is 1.92 bits per heavy atom. The number of phenols is 1. The molecule has 0 amide bonds. The third kappa shape index (κ3) is 1.87. The Labute approximate surface area is 76.0 Å². The van der Waals surface area contributed by atoms with E-state index in [0.717, 1.165) is 17.7 Å². The fourth-order valence-electron chi connectivity index (χ4n) is 1.22. The van der Waals surface area contributed by atoms with Crippen LogP contribution in [0.15, 0.2) is 36.5 Å². The third-order valence-electron chi connectivity index (χ3n) is 1.89. The quantitative estimate of drug-likeness (QED) is 0.728. The molecule has 0 aliphatic rings. The van der Waals surface area contributed by atoms with E-state index in [-0.39, 0.29) is 0 Å². The molecule has 2 N–H and O–H groups in total. The molecular formula is C10H10N2O. The van der Waals surface area contributed by atoms with E-state index in [4.69, 9.17) is 5.11 Å². The Bertz CT molecular complexity index is 364. The van der Waals surface area contributed by atoms with Crippen LogP contribution < -0.4 is 0 Å². The van der Waals surface area contributed by atoms with Gasteiger partial charge in [-0.2, -0.15) is 5.10 Å². The zero-order valence-corrected chi connectivity index (χ0v) is 7.07. The first-order chi connectivity index (χ1) is 6.34. The van der Waals surface area contributed by atoms with Gasteiger partial charge in [0.05, 0.1) is 0 Å². The number of aromatic hydroxyl groups is 1. The van der Waals surface area contributed by atoms with Crippen LogP contribution in [0.4, 0.5) is 0 Å². The van der Waals surface area contributed by atoms with Gasteiger partial charge in [0.1, 0.15) is 5.75 Å². The maximum atomic E-state index is 9.06. The topological polar surface area (TPSA) is 48.9 Å². The van der Waals surface area contributed by atoms with E-state index in [1.54, 1.807) is 18.3 Å². The van der Waals surface area contributed by atoms with Crippen molar-refractivity contribution in [2.75, 3.05) is 0 Å². The van der Waals surface area contributed by atoms with Crippen LogP contribution in [0.2, 0.25) is 0 Å². The standard InChI is InChI=1S/C10H10N2O/c13-10-3-1-8(2-4-10)7-9-5-6-11-12-9/h1-6,13H,7H2,(H,11,12). The van der Waals surface area contributed by atoms with E-state index in [1.807, 2.05) is 18.2 Å². The largest absolute Gasteiger partial charge is 0.508 e. The van der Waals surface area contributed by atoms with Gasteiger partial charge >= 0.3 is 0 Å². The van der Waals surface area contributed by atoms with Gasteiger partial charge in [-0.05, 0) is 23.8 Å². The molecule has 1 heterocycles. The second-order valence-corrected chi connectivity index (χ2v) is 2.93. The highest BCUT2D eigenvalue weighted by molar-refractivity contribution is 5.28. The van der Waals surface area contributed by atoms with Crippen molar-refractivity contribution in [2.45, 2.75) is 6.42 Å². The second kappa shape index (κ2) is 3.31. The summed E-state index contributed by atoms with van der Waals surface area (Å²) >= 11 is 0. The lowest BCUT2D eigenvalue weighted by Gasteiger charge is -1.98. The van der Waals surface area contributed by atoms with Crippen molar-refractivity contribution in [3.05, 3.63) is 47.8 Å². The maximum absolute atomic E-state index is 9.06. The number of nitrogens with zero attached hydrogens (tertiary/aromatic N) is 1. The SMILES string of the molecule is Oc1ccc(Cc2ccn[nH]2)cc1. The molecule has 0 radical (unpaired) electrons. The summed E-state index contributed by atoms with van der Waals surface area (Å²) in [6, 6.07) is 9.11. The predicted molar refractivity (Wildman–Crippen MR) is 49.5 cm³/mol. The van der Waals surface area contributed by atoms with Crippen LogP contribution in [-0.2, 0) is 6.42 Å². The molecule has 1 aromatic heterocycles. The van der Waals surface area contributed by atoms with Gasteiger partial charge in [0.2, 0.25) is 0 Å². The van der Waals surface area contributed by atoms with Gasteiger partial charge in [0, 0.05) is 18.3 Å². The lowest BCUT2D eigenvalue weighted by Crippen LogP contribution is -1.87. The van der Waals surface area contributed by atoms with Gasteiger partial charge in [-0.3, -0.25) is 5.10 Å². The summed E-state index contributed by atoms with van der Waals surface area (Å²) in [6.07, 6.45) is 2.55. The van der Waals surface area contributed by atoms with E-state index >= 15 is 0 Å². The van der Waals surface area contributed by atoms with Gasteiger partial charge < -0.3 is 5.11 Å². The number of hydrogen-bond acceptors (Lipinski definition) is 2. The normalized spacial score (nSPS) is 10.2. The minimum atomic E-state index is 0.299. The third-order valence-corrected chi connectivity index (χ3v) is 1.89. The van der Waals surface area contributed by atoms with Crippen LogP contribution in [0.3, 0.4) is 0 Å². The molecule has 1 aromatic carbocycles. The molecule has 13 heavy (non-hydrogen) atoms. The van der Waals surface area contributed by atoms with Crippen molar-refractivity contribution in [1.29, 1.82) is 0 Å². The molecule has 3 nitrogen and oxygen atoms in total. The van der Waals surface area contributed by atoms with Gasteiger partial charge in [0.25, 0.3) is 0 Å². The summed E-state index contributed by atoms with van der Waals surface area (Å²) in [7, 11) is 0. The lowest BCUT2D eigenvalue weighted by molar-refractivity contribution is 0.475. The highest BCUT2D eigenvalue weighted by Gasteiger charge is 1.96. The summed E-state index contributed by atoms with van der Waals surface area (Å²) < 4.78 is 0. The first-order valence-electron chi connectivity index (χ1n) is 4.11. The van der Waals surface area contributed by atoms with Gasteiger partial charge in [-0.1, -0.05) is 12.1 Å². The number of rotatable bonds is 2. The number of hydrogen-bond donors (Lipinski definition) is 2. The molecule has 0 aliphatic heterocycles. The fourth-order valence-corrected chi connectivity index (χ4v) is 1.22.